The van der Waals surface area contributed by atoms with Crippen LogP contribution in [0.5, 0.6) is 0 Å². The quantitative estimate of drug-likeness (QED) is 0.743. The molecule has 0 saturated heterocycles. The van der Waals surface area contributed by atoms with E-state index in [0.717, 1.165) is 10.8 Å². The highest BCUT2D eigenvalue weighted by Crippen LogP contribution is 2.20. The van der Waals surface area contributed by atoms with Gasteiger partial charge in [-0.3, -0.25) is 4.79 Å². The molecule has 0 fully saturated rings. The molecule has 0 aliphatic carbocycles. The number of hydrogen-bond acceptors (Lipinski definition) is 5. The van der Waals surface area contributed by atoms with E-state index in [-0.39, 0.29) is 5.78 Å². The number of ketones is 1. The van der Waals surface area contributed by atoms with Gasteiger partial charge >= 0.3 is 0 Å². The van der Waals surface area contributed by atoms with Gasteiger partial charge in [0.2, 0.25) is 0 Å². The van der Waals surface area contributed by atoms with Crippen LogP contribution in [0.4, 0.5) is 10.9 Å². The van der Waals surface area contributed by atoms with Crippen molar-refractivity contribution in [3.05, 3.63) is 70.9 Å². The van der Waals surface area contributed by atoms with Gasteiger partial charge in [0.05, 0.1) is 5.69 Å². The first-order valence-electron chi connectivity index (χ1n) is 6.47. The van der Waals surface area contributed by atoms with E-state index in [2.05, 4.69) is 15.3 Å². The molecule has 3 aromatic rings. The predicted octanol–water partition coefficient (Wildman–Crippen LogP) is 3.82. The normalized spacial score (nSPS) is 10.3. The number of nitrogens with zero attached hydrogens (tertiary/aromatic N) is 2. The molecule has 1 aromatic carbocycles. The summed E-state index contributed by atoms with van der Waals surface area (Å²) in [5, 5.41) is 5.84. The molecule has 5 heteroatoms. The number of anilines is 2. The molecular formula is C16H13N3OS. The highest BCUT2D eigenvalue weighted by atomic mass is 32.1. The molecule has 21 heavy (non-hydrogen) atoms. The molecule has 104 valence electrons. The third-order valence-corrected chi connectivity index (χ3v) is 3.79. The Labute approximate surface area is 126 Å². The van der Waals surface area contributed by atoms with Gasteiger partial charge in [0, 0.05) is 22.7 Å². The van der Waals surface area contributed by atoms with Gasteiger partial charge in [-0.1, -0.05) is 30.3 Å². The number of benzene rings is 1. The zero-order chi connectivity index (χ0) is 14.7. The number of thiazole rings is 1. The first-order chi connectivity index (χ1) is 10.2. The Hall–Kier alpha value is -2.53. The fourth-order valence-electron chi connectivity index (χ4n) is 1.92. The van der Waals surface area contributed by atoms with E-state index in [9.17, 15) is 4.79 Å². The monoisotopic (exact) mass is 295 g/mol. The maximum atomic E-state index is 12.4. The van der Waals surface area contributed by atoms with Crippen LogP contribution in [0.15, 0.2) is 54.0 Å². The largest absolute Gasteiger partial charge is 0.316 e. The molecule has 4 nitrogen and oxygen atoms in total. The summed E-state index contributed by atoms with van der Waals surface area (Å²) in [5.41, 5.74) is 2.23. The summed E-state index contributed by atoms with van der Waals surface area (Å²) in [5.74, 6) is 0.600. The van der Waals surface area contributed by atoms with Crippen molar-refractivity contribution in [1.82, 2.24) is 9.97 Å². The van der Waals surface area contributed by atoms with Gasteiger partial charge in [-0.25, -0.2) is 9.97 Å². The number of aromatic nitrogens is 2. The number of pyridine rings is 1. The molecule has 0 saturated carbocycles. The minimum atomic E-state index is -0.0173. The van der Waals surface area contributed by atoms with Crippen LogP contribution < -0.4 is 5.32 Å². The summed E-state index contributed by atoms with van der Waals surface area (Å²) in [6.45, 7) is 1.93. The van der Waals surface area contributed by atoms with Crippen LogP contribution in [0.1, 0.15) is 21.6 Å². The van der Waals surface area contributed by atoms with Crippen molar-refractivity contribution in [2.24, 2.45) is 0 Å². The van der Waals surface area contributed by atoms with Crippen molar-refractivity contribution >= 4 is 28.1 Å². The summed E-state index contributed by atoms with van der Waals surface area (Å²) in [4.78, 5) is 20.9. The van der Waals surface area contributed by atoms with Crippen LogP contribution >= 0.6 is 11.3 Å². The van der Waals surface area contributed by atoms with E-state index < -0.39 is 0 Å². The summed E-state index contributed by atoms with van der Waals surface area (Å²) >= 11 is 1.51. The predicted molar refractivity (Wildman–Crippen MR) is 84.2 cm³/mol. The summed E-state index contributed by atoms with van der Waals surface area (Å²) in [7, 11) is 0. The third kappa shape index (κ3) is 3.14. The zero-order valence-electron chi connectivity index (χ0n) is 11.4. The molecular weight excluding hydrogens is 282 g/mol. The Morgan fingerprint density at radius 1 is 1.14 bits per heavy atom. The molecule has 0 aliphatic heterocycles. The van der Waals surface area contributed by atoms with Crippen molar-refractivity contribution in [2.75, 3.05) is 5.32 Å². The van der Waals surface area contributed by atoms with Crippen LogP contribution in [-0.4, -0.2) is 15.8 Å². The van der Waals surface area contributed by atoms with Crippen molar-refractivity contribution in [2.45, 2.75) is 6.92 Å². The van der Waals surface area contributed by atoms with Crippen LogP contribution in [0.25, 0.3) is 0 Å². The number of rotatable bonds is 4. The highest BCUT2D eigenvalue weighted by Gasteiger charge is 2.10. The fourth-order valence-corrected chi connectivity index (χ4v) is 2.61. The van der Waals surface area contributed by atoms with Crippen LogP contribution in [0.3, 0.4) is 0 Å². The van der Waals surface area contributed by atoms with Crippen LogP contribution in [0, 0.1) is 6.92 Å². The molecule has 2 heterocycles. The van der Waals surface area contributed by atoms with Gasteiger partial charge in [-0.15, -0.1) is 11.3 Å². The second-order valence-electron chi connectivity index (χ2n) is 4.54. The van der Waals surface area contributed by atoms with E-state index in [4.69, 9.17) is 0 Å². The Bertz CT molecular complexity index is 768. The molecule has 0 amide bonds. The molecule has 0 radical (unpaired) electrons. The average Bonchev–Trinajstić information content (AvgIpc) is 2.93. The van der Waals surface area contributed by atoms with Crippen LogP contribution in [0.2, 0.25) is 0 Å². The lowest BCUT2D eigenvalue weighted by atomic mass is 10.0. The zero-order valence-corrected chi connectivity index (χ0v) is 12.2. The first-order valence-corrected chi connectivity index (χ1v) is 7.35. The van der Waals surface area contributed by atoms with E-state index in [1.165, 1.54) is 11.3 Å². The first kappa shape index (κ1) is 13.5. The van der Waals surface area contributed by atoms with Gasteiger partial charge < -0.3 is 5.32 Å². The molecule has 0 aliphatic rings. The summed E-state index contributed by atoms with van der Waals surface area (Å²) < 4.78 is 0. The number of hydrogen-bond donors (Lipinski definition) is 1. The number of carbonyl (C=O) groups is 1. The lowest BCUT2D eigenvalue weighted by molar-refractivity contribution is 0.103. The lowest BCUT2D eigenvalue weighted by Gasteiger charge is -2.04. The lowest BCUT2D eigenvalue weighted by Crippen LogP contribution is -2.02. The Morgan fingerprint density at radius 3 is 2.67 bits per heavy atom. The van der Waals surface area contributed by atoms with Gasteiger partial charge in [-0.05, 0) is 19.1 Å². The maximum Gasteiger partial charge on any atom is 0.193 e. The van der Waals surface area contributed by atoms with Gasteiger partial charge in [0.1, 0.15) is 5.82 Å². The van der Waals surface area contributed by atoms with Crippen LogP contribution in [-0.2, 0) is 0 Å². The fraction of sp³-hybridized carbons (Fsp3) is 0.0625. The number of carbonyl (C=O) groups excluding carboxylic acids is 1. The molecule has 0 unspecified atom stereocenters. The SMILES string of the molecule is Cc1csc(Nc2cc(C(=O)c3ccccc3)ccn2)n1. The highest BCUT2D eigenvalue weighted by molar-refractivity contribution is 7.13. The smallest absolute Gasteiger partial charge is 0.193 e. The minimum Gasteiger partial charge on any atom is -0.316 e. The molecule has 3 rings (SSSR count). The Morgan fingerprint density at radius 2 is 1.95 bits per heavy atom. The molecule has 1 N–H and O–H groups in total. The second kappa shape index (κ2) is 5.85. The van der Waals surface area contributed by atoms with Crippen molar-refractivity contribution < 1.29 is 4.79 Å². The molecule has 0 atom stereocenters. The molecule has 0 bridgehead atoms. The Kier molecular flexibility index (Phi) is 3.75. The molecule has 2 aromatic heterocycles. The van der Waals surface area contributed by atoms with E-state index in [1.54, 1.807) is 30.5 Å². The van der Waals surface area contributed by atoms with Gasteiger partial charge in [0.15, 0.2) is 10.9 Å². The topological polar surface area (TPSA) is 54.9 Å². The van der Waals surface area contributed by atoms with Gasteiger partial charge in [-0.2, -0.15) is 0 Å². The number of aryl methyl sites for hydroxylation is 1. The van der Waals surface area contributed by atoms with E-state index in [1.807, 2.05) is 30.5 Å². The number of nitrogens with one attached hydrogen (secondary N) is 1. The maximum absolute atomic E-state index is 12.4. The summed E-state index contributed by atoms with van der Waals surface area (Å²) in [6, 6.07) is 12.7. The molecule has 0 spiro atoms. The van der Waals surface area contributed by atoms with Crippen molar-refractivity contribution in [3.63, 3.8) is 0 Å². The van der Waals surface area contributed by atoms with E-state index >= 15 is 0 Å². The summed E-state index contributed by atoms with van der Waals surface area (Å²) in [6.07, 6.45) is 1.62. The second-order valence-corrected chi connectivity index (χ2v) is 5.40. The average molecular weight is 295 g/mol. The standard InChI is InChI=1S/C16H13N3OS/c1-11-10-21-16(18-11)19-14-9-13(7-8-17-14)15(20)12-5-3-2-4-6-12/h2-10H,1H3,(H,17,18,19). The third-order valence-electron chi connectivity index (χ3n) is 2.91. The minimum absolute atomic E-state index is 0.0173. The Balaban J connectivity index is 1.85. The van der Waals surface area contributed by atoms with Gasteiger partial charge in [0.25, 0.3) is 0 Å². The van der Waals surface area contributed by atoms with E-state index in [0.29, 0.717) is 16.9 Å². The van der Waals surface area contributed by atoms with Crippen molar-refractivity contribution in [3.8, 4) is 0 Å². The van der Waals surface area contributed by atoms with Crippen molar-refractivity contribution in [1.29, 1.82) is 0 Å².